The highest BCUT2D eigenvalue weighted by atomic mass is 16.5. The van der Waals surface area contributed by atoms with Gasteiger partial charge in [-0.25, -0.2) is 0 Å². The number of carbonyl (C=O) groups excluding carboxylic acids is 2. The van der Waals surface area contributed by atoms with E-state index in [9.17, 15) is 9.59 Å². The van der Waals surface area contributed by atoms with E-state index in [-0.39, 0.29) is 17.9 Å². The first-order valence-corrected chi connectivity index (χ1v) is 9.03. The summed E-state index contributed by atoms with van der Waals surface area (Å²) in [5, 5.41) is 3.14. The zero-order valence-electron chi connectivity index (χ0n) is 15.1. The Morgan fingerprint density at radius 2 is 2.00 bits per heavy atom. The van der Waals surface area contributed by atoms with Gasteiger partial charge in [-0.3, -0.25) is 9.59 Å². The molecule has 0 saturated carbocycles. The highest BCUT2D eigenvalue weighted by Gasteiger charge is 2.24. The van der Waals surface area contributed by atoms with Crippen molar-refractivity contribution in [2.45, 2.75) is 38.6 Å². The third kappa shape index (κ3) is 4.24. The molecule has 0 aliphatic carbocycles. The minimum absolute atomic E-state index is 0.0601. The van der Waals surface area contributed by atoms with Crippen LogP contribution in [0.1, 0.15) is 31.7 Å². The van der Waals surface area contributed by atoms with Crippen molar-refractivity contribution in [3.63, 3.8) is 0 Å². The molecule has 0 radical (unpaired) electrons. The molecule has 2 aliphatic rings. The third-order valence-electron chi connectivity index (χ3n) is 5.14. The van der Waals surface area contributed by atoms with Crippen LogP contribution < -0.4 is 15.0 Å². The number of ether oxygens (including phenoxy) is 1. The number of amides is 2. The van der Waals surface area contributed by atoms with Crippen LogP contribution in [0.5, 0.6) is 5.75 Å². The maximum absolute atomic E-state index is 12.5. The van der Waals surface area contributed by atoms with Crippen molar-refractivity contribution in [1.82, 2.24) is 10.2 Å². The van der Waals surface area contributed by atoms with Crippen LogP contribution in [0.2, 0.25) is 0 Å². The van der Waals surface area contributed by atoms with Crippen molar-refractivity contribution in [2.75, 3.05) is 38.2 Å². The van der Waals surface area contributed by atoms with Crippen LogP contribution in [0.3, 0.4) is 0 Å². The molecular weight excluding hydrogens is 318 g/mol. The van der Waals surface area contributed by atoms with Crippen LogP contribution in [0.25, 0.3) is 0 Å². The summed E-state index contributed by atoms with van der Waals surface area (Å²) >= 11 is 0. The fourth-order valence-corrected chi connectivity index (χ4v) is 3.73. The van der Waals surface area contributed by atoms with Gasteiger partial charge in [0.2, 0.25) is 11.8 Å². The molecule has 2 aliphatic heterocycles. The zero-order chi connectivity index (χ0) is 17.8. The van der Waals surface area contributed by atoms with Crippen LogP contribution >= 0.6 is 0 Å². The van der Waals surface area contributed by atoms with Crippen LogP contribution in [0.4, 0.5) is 5.69 Å². The number of fused-ring (bicyclic) bond motifs is 1. The molecule has 1 N–H and O–H groups in total. The number of piperidine rings is 1. The predicted molar refractivity (Wildman–Crippen MR) is 96.9 cm³/mol. The molecule has 0 unspecified atom stereocenters. The number of aryl methyl sites for hydroxylation is 1. The fourth-order valence-electron chi connectivity index (χ4n) is 3.73. The number of hydrogen-bond acceptors (Lipinski definition) is 4. The van der Waals surface area contributed by atoms with Gasteiger partial charge in [0, 0.05) is 38.3 Å². The van der Waals surface area contributed by atoms with Crippen LogP contribution in [0.15, 0.2) is 18.2 Å². The number of methoxy groups -OCH3 is 1. The molecule has 0 spiro atoms. The highest BCUT2D eigenvalue weighted by Crippen LogP contribution is 2.30. The van der Waals surface area contributed by atoms with Crippen molar-refractivity contribution < 1.29 is 14.3 Å². The standard InChI is InChI=1S/C19H27N3O3/c1-14(23)21-10-7-16(8-11-21)20-19(24)13-22-9-3-4-15-12-17(25-2)5-6-18(15)22/h5-6,12,16H,3-4,7-11,13H2,1-2H3,(H,20,24). The first kappa shape index (κ1) is 17.6. The van der Waals surface area contributed by atoms with Gasteiger partial charge in [0.15, 0.2) is 0 Å². The number of benzene rings is 1. The molecule has 2 heterocycles. The summed E-state index contributed by atoms with van der Waals surface area (Å²) in [6.45, 7) is 4.34. The lowest BCUT2D eigenvalue weighted by atomic mass is 10.0. The van der Waals surface area contributed by atoms with E-state index in [2.05, 4.69) is 16.3 Å². The van der Waals surface area contributed by atoms with Gasteiger partial charge in [0.05, 0.1) is 13.7 Å². The Balaban J connectivity index is 1.55. The molecule has 0 bridgehead atoms. The minimum Gasteiger partial charge on any atom is -0.497 e. The number of nitrogens with one attached hydrogen (secondary N) is 1. The van der Waals surface area contributed by atoms with Crippen molar-refractivity contribution in [3.8, 4) is 5.75 Å². The van der Waals surface area contributed by atoms with E-state index in [1.165, 1.54) is 5.56 Å². The first-order chi connectivity index (χ1) is 12.1. The number of anilines is 1. The quantitative estimate of drug-likeness (QED) is 0.900. The second kappa shape index (κ2) is 7.76. The molecule has 1 saturated heterocycles. The topological polar surface area (TPSA) is 61.9 Å². The third-order valence-corrected chi connectivity index (χ3v) is 5.14. The summed E-state index contributed by atoms with van der Waals surface area (Å²) in [5.41, 5.74) is 2.38. The van der Waals surface area contributed by atoms with E-state index in [1.807, 2.05) is 17.0 Å². The van der Waals surface area contributed by atoms with E-state index >= 15 is 0 Å². The van der Waals surface area contributed by atoms with Crippen molar-refractivity contribution in [2.24, 2.45) is 0 Å². The van der Waals surface area contributed by atoms with Crippen LogP contribution in [-0.2, 0) is 16.0 Å². The molecule has 1 aromatic carbocycles. The largest absolute Gasteiger partial charge is 0.497 e. The van der Waals surface area contributed by atoms with E-state index in [0.717, 1.165) is 56.8 Å². The van der Waals surface area contributed by atoms with E-state index in [1.54, 1.807) is 14.0 Å². The smallest absolute Gasteiger partial charge is 0.239 e. The summed E-state index contributed by atoms with van der Waals surface area (Å²) in [6, 6.07) is 6.23. The first-order valence-electron chi connectivity index (χ1n) is 9.03. The van der Waals surface area contributed by atoms with Gasteiger partial charge in [-0.1, -0.05) is 0 Å². The fraction of sp³-hybridized carbons (Fsp3) is 0.579. The monoisotopic (exact) mass is 345 g/mol. The summed E-state index contributed by atoms with van der Waals surface area (Å²) in [5.74, 6) is 1.04. The SMILES string of the molecule is COc1ccc2c(c1)CCCN2CC(=O)NC1CCN(C(C)=O)CC1. The Morgan fingerprint density at radius 3 is 2.68 bits per heavy atom. The average Bonchev–Trinajstić information content (AvgIpc) is 2.62. The number of hydrogen-bond donors (Lipinski definition) is 1. The summed E-state index contributed by atoms with van der Waals surface area (Å²) in [6.07, 6.45) is 3.73. The summed E-state index contributed by atoms with van der Waals surface area (Å²) in [4.78, 5) is 27.8. The van der Waals surface area contributed by atoms with E-state index < -0.39 is 0 Å². The van der Waals surface area contributed by atoms with Crippen LogP contribution in [-0.4, -0.2) is 56.0 Å². The molecule has 0 aromatic heterocycles. The molecule has 136 valence electrons. The van der Waals surface area contributed by atoms with Gasteiger partial charge in [0.25, 0.3) is 0 Å². The Morgan fingerprint density at radius 1 is 1.24 bits per heavy atom. The number of nitrogens with zero attached hydrogens (tertiary/aromatic N) is 2. The molecular formula is C19H27N3O3. The van der Waals surface area contributed by atoms with Gasteiger partial charge in [0.1, 0.15) is 5.75 Å². The molecule has 2 amide bonds. The van der Waals surface area contributed by atoms with Crippen molar-refractivity contribution >= 4 is 17.5 Å². The van der Waals surface area contributed by atoms with Gasteiger partial charge >= 0.3 is 0 Å². The maximum Gasteiger partial charge on any atom is 0.239 e. The molecule has 6 nitrogen and oxygen atoms in total. The van der Waals surface area contributed by atoms with E-state index in [0.29, 0.717) is 6.54 Å². The normalized spacial score (nSPS) is 17.8. The number of carbonyl (C=O) groups is 2. The summed E-state index contributed by atoms with van der Waals surface area (Å²) in [7, 11) is 1.67. The lowest BCUT2D eigenvalue weighted by molar-refractivity contribution is -0.130. The molecule has 1 fully saturated rings. The van der Waals surface area contributed by atoms with Gasteiger partial charge in [-0.2, -0.15) is 0 Å². The van der Waals surface area contributed by atoms with Gasteiger partial charge in [-0.05, 0) is 49.4 Å². The predicted octanol–water partition coefficient (Wildman–Crippen LogP) is 1.57. The number of likely N-dealkylation sites (tertiary alicyclic amines) is 1. The lowest BCUT2D eigenvalue weighted by Gasteiger charge is -2.34. The van der Waals surface area contributed by atoms with Crippen molar-refractivity contribution in [3.05, 3.63) is 23.8 Å². The number of rotatable bonds is 4. The zero-order valence-corrected chi connectivity index (χ0v) is 15.1. The van der Waals surface area contributed by atoms with Gasteiger partial charge < -0.3 is 19.9 Å². The van der Waals surface area contributed by atoms with E-state index in [4.69, 9.17) is 4.74 Å². The molecule has 6 heteroatoms. The minimum atomic E-state index is 0.0601. The highest BCUT2D eigenvalue weighted by molar-refractivity contribution is 5.82. The summed E-state index contributed by atoms with van der Waals surface area (Å²) < 4.78 is 5.30. The van der Waals surface area contributed by atoms with Gasteiger partial charge in [-0.15, -0.1) is 0 Å². The lowest BCUT2D eigenvalue weighted by Crippen LogP contribution is -2.48. The molecule has 3 rings (SSSR count). The Kier molecular flexibility index (Phi) is 5.46. The van der Waals surface area contributed by atoms with Crippen molar-refractivity contribution in [1.29, 1.82) is 0 Å². The Hall–Kier alpha value is -2.24. The Bertz CT molecular complexity index is 639. The van der Waals surface area contributed by atoms with Crippen LogP contribution in [0, 0.1) is 0 Å². The molecule has 1 aromatic rings. The second-order valence-corrected chi connectivity index (χ2v) is 6.87. The Labute approximate surface area is 149 Å². The second-order valence-electron chi connectivity index (χ2n) is 6.87. The molecule has 0 atom stereocenters. The maximum atomic E-state index is 12.5. The average molecular weight is 345 g/mol. The molecule has 25 heavy (non-hydrogen) atoms.